The number of rotatable bonds is 0. The fourth-order valence-electron chi connectivity index (χ4n) is 1.03. The molecular weight excluding hydrogens is 202 g/mol. The third-order valence-corrected chi connectivity index (χ3v) is 2.14. The maximum atomic E-state index is 3.72. The van der Waals surface area contributed by atoms with Crippen LogP contribution in [0.5, 0.6) is 0 Å². The minimum Gasteiger partial charge on any atom is -0.317 e. The Bertz CT molecular complexity index is 179. The number of hydrogen-bond donors (Lipinski definition) is 3. The highest BCUT2D eigenvalue weighted by molar-refractivity contribution is 4.70. The van der Waals surface area contributed by atoms with Gasteiger partial charge in [-0.15, -0.1) is 0 Å². The summed E-state index contributed by atoms with van der Waals surface area (Å²) in [6, 6.07) is 0. The predicted octanol–water partition coefficient (Wildman–Crippen LogP) is -0.364. The molecule has 0 bridgehead atoms. The van der Waals surface area contributed by atoms with Crippen molar-refractivity contribution in [3.05, 3.63) is 24.8 Å². The molecule has 0 saturated carbocycles. The summed E-state index contributed by atoms with van der Waals surface area (Å²) in [5.41, 5.74) is 0. The zero-order valence-corrected chi connectivity index (χ0v) is 9.65. The van der Waals surface area contributed by atoms with Crippen molar-refractivity contribution >= 4 is 0 Å². The van der Waals surface area contributed by atoms with Crippen LogP contribution in [0.25, 0.3) is 0 Å². The first kappa shape index (κ1) is 13.0. The fraction of sp³-hybridized carbons (Fsp3) is 0.636. The van der Waals surface area contributed by atoms with Crippen molar-refractivity contribution in [2.24, 2.45) is 0 Å². The number of nitrogens with one attached hydrogen (secondary N) is 3. The SMILES string of the molecule is C1CNC1.C1CNCCN1.c1cnccn1. The van der Waals surface area contributed by atoms with Gasteiger partial charge in [0.2, 0.25) is 0 Å². The Labute approximate surface area is 97.1 Å². The minimum absolute atomic E-state index is 1.14. The summed E-state index contributed by atoms with van der Waals surface area (Å²) in [6.07, 6.45) is 7.94. The van der Waals surface area contributed by atoms with Gasteiger partial charge in [-0.25, -0.2) is 0 Å². The molecule has 2 saturated heterocycles. The van der Waals surface area contributed by atoms with Crippen molar-refractivity contribution in [3.63, 3.8) is 0 Å². The molecule has 3 heterocycles. The van der Waals surface area contributed by atoms with Crippen molar-refractivity contribution in [2.45, 2.75) is 6.42 Å². The van der Waals surface area contributed by atoms with Crippen LogP contribution in [0.1, 0.15) is 6.42 Å². The van der Waals surface area contributed by atoms with Gasteiger partial charge in [-0.3, -0.25) is 9.97 Å². The normalized spacial score (nSPS) is 18.0. The molecule has 3 rings (SSSR count). The van der Waals surface area contributed by atoms with Crippen LogP contribution in [0.2, 0.25) is 0 Å². The van der Waals surface area contributed by atoms with E-state index in [-0.39, 0.29) is 0 Å². The zero-order chi connectivity index (χ0) is 11.3. The number of aromatic nitrogens is 2. The lowest BCUT2D eigenvalue weighted by atomic mass is 10.3. The standard InChI is InChI=1S/C4H10N2.C4H4N2.C3H7N/c2*1-2-6-4-3-5-1;1-2-4-3-1/h5-6H,1-4H2;1-4H;4H,1-3H2. The number of hydrogen-bond acceptors (Lipinski definition) is 5. The maximum Gasteiger partial charge on any atom is 0.0451 e. The van der Waals surface area contributed by atoms with E-state index in [4.69, 9.17) is 0 Å². The average Bonchev–Trinajstić information content (AvgIpc) is 2.32. The second kappa shape index (κ2) is 10.5. The summed E-state index contributed by atoms with van der Waals surface area (Å²) in [5.74, 6) is 0. The molecule has 3 N–H and O–H groups in total. The third kappa shape index (κ3) is 8.28. The van der Waals surface area contributed by atoms with Gasteiger partial charge in [0.1, 0.15) is 0 Å². The highest BCUT2D eigenvalue weighted by Crippen LogP contribution is 1.80. The van der Waals surface area contributed by atoms with E-state index in [1.54, 1.807) is 24.8 Å². The Hall–Kier alpha value is -1.04. The molecule has 0 unspecified atom stereocenters. The quantitative estimate of drug-likeness (QED) is 0.560. The van der Waals surface area contributed by atoms with Crippen LogP contribution in [0.3, 0.4) is 0 Å². The lowest BCUT2D eigenvalue weighted by Crippen LogP contribution is -2.39. The zero-order valence-electron chi connectivity index (χ0n) is 9.65. The summed E-state index contributed by atoms with van der Waals surface area (Å²) >= 11 is 0. The van der Waals surface area contributed by atoms with E-state index in [2.05, 4.69) is 25.9 Å². The Morgan fingerprint density at radius 1 is 0.562 bits per heavy atom. The van der Waals surface area contributed by atoms with Crippen LogP contribution in [0.15, 0.2) is 24.8 Å². The van der Waals surface area contributed by atoms with E-state index in [9.17, 15) is 0 Å². The molecule has 16 heavy (non-hydrogen) atoms. The third-order valence-electron chi connectivity index (χ3n) is 2.14. The monoisotopic (exact) mass is 223 g/mol. The van der Waals surface area contributed by atoms with E-state index in [0.717, 1.165) is 26.2 Å². The second-order valence-electron chi connectivity index (χ2n) is 3.50. The Morgan fingerprint density at radius 2 is 0.875 bits per heavy atom. The molecule has 0 spiro atoms. The second-order valence-corrected chi connectivity index (χ2v) is 3.50. The van der Waals surface area contributed by atoms with Crippen LogP contribution in [0.4, 0.5) is 0 Å². The van der Waals surface area contributed by atoms with E-state index in [1.807, 2.05) is 0 Å². The Morgan fingerprint density at radius 3 is 1.00 bits per heavy atom. The van der Waals surface area contributed by atoms with E-state index in [0.29, 0.717) is 0 Å². The van der Waals surface area contributed by atoms with Gasteiger partial charge in [0, 0.05) is 51.0 Å². The molecule has 2 fully saturated rings. The molecule has 0 aliphatic carbocycles. The van der Waals surface area contributed by atoms with Gasteiger partial charge in [0.25, 0.3) is 0 Å². The van der Waals surface area contributed by atoms with Crippen molar-refractivity contribution in [3.8, 4) is 0 Å². The van der Waals surface area contributed by atoms with Gasteiger partial charge in [-0.1, -0.05) is 0 Å². The van der Waals surface area contributed by atoms with Crippen molar-refractivity contribution in [2.75, 3.05) is 39.3 Å². The van der Waals surface area contributed by atoms with Crippen molar-refractivity contribution in [1.29, 1.82) is 0 Å². The summed E-state index contributed by atoms with van der Waals surface area (Å²) in [7, 11) is 0. The largest absolute Gasteiger partial charge is 0.317 e. The topological polar surface area (TPSA) is 61.9 Å². The summed E-state index contributed by atoms with van der Waals surface area (Å²) < 4.78 is 0. The smallest absolute Gasteiger partial charge is 0.0451 e. The molecule has 1 aromatic heterocycles. The number of piperazine rings is 1. The fourth-order valence-corrected chi connectivity index (χ4v) is 1.03. The van der Waals surface area contributed by atoms with Gasteiger partial charge in [0.05, 0.1) is 0 Å². The highest BCUT2D eigenvalue weighted by atomic mass is 15.0. The molecule has 2 aliphatic rings. The first-order valence-corrected chi connectivity index (χ1v) is 5.82. The van der Waals surface area contributed by atoms with E-state index < -0.39 is 0 Å². The van der Waals surface area contributed by atoms with E-state index in [1.165, 1.54) is 19.5 Å². The summed E-state index contributed by atoms with van der Waals surface area (Å²) in [6.45, 7) is 7.06. The molecule has 5 nitrogen and oxygen atoms in total. The Kier molecular flexibility index (Phi) is 8.53. The molecule has 0 radical (unpaired) electrons. The lowest BCUT2D eigenvalue weighted by molar-refractivity contribution is 0.527. The molecule has 0 aromatic carbocycles. The van der Waals surface area contributed by atoms with Gasteiger partial charge < -0.3 is 16.0 Å². The van der Waals surface area contributed by atoms with Gasteiger partial charge in [-0.05, 0) is 19.5 Å². The Balaban J connectivity index is 0.000000123. The lowest BCUT2D eigenvalue weighted by Gasteiger charge is -2.11. The molecule has 5 heteroatoms. The molecule has 0 amide bonds. The molecule has 90 valence electrons. The van der Waals surface area contributed by atoms with Gasteiger partial charge in [-0.2, -0.15) is 0 Å². The van der Waals surface area contributed by atoms with Crippen molar-refractivity contribution in [1.82, 2.24) is 25.9 Å². The number of nitrogens with zero attached hydrogens (tertiary/aromatic N) is 2. The molecular formula is C11H21N5. The van der Waals surface area contributed by atoms with E-state index >= 15 is 0 Å². The van der Waals surface area contributed by atoms with Crippen LogP contribution < -0.4 is 16.0 Å². The highest BCUT2D eigenvalue weighted by Gasteiger charge is 1.92. The van der Waals surface area contributed by atoms with Crippen LogP contribution in [0, 0.1) is 0 Å². The molecule has 0 atom stereocenters. The molecule has 2 aliphatic heterocycles. The molecule has 1 aromatic rings. The average molecular weight is 223 g/mol. The maximum absolute atomic E-state index is 3.72. The van der Waals surface area contributed by atoms with Crippen LogP contribution >= 0.6 is 0 Å². The van der Waals surface area contributed by atoms with Gasteiger partial charge >= 0.3 is 0 Å². The summed E-state index contributed by atoms with van der Waals surface area (Å²) in [5, 5.41) is 9.56. The predicted molar refractivity (Wildman–Crippen MR) is 65.3 cm³/mol. The van der Waals surface area contributed by atoms with Crippen LogP contribution in [-0.2, 0) is 0 Å². The summed E-state index contributed by atoms with van der Waals surface area (Å²) in [4.78, 5) is 7.44. The first-order chi connectivity index (χ1) is 8.00. The minimum atomic E-state index is 1.14. The van der Waals surface area contributed by atoms with Crippen molar-refractivity contribution < 1.29 is 0 Å². The van der Waals surface area contributed by atoms with Crippen LogP contribution in [-0.4, -0.2) is 49.2 Å². The first-order valence-electron chi connectivity index (χ1n) is 5.82. The van der Waals surface area contributed by atoms with Gasteiger partial charge in [0.15, 0.2) is 0 Å².